The van der Waals surface area contributed by atoms with Gasteiger partial charge in [-0.05, 0) is 30.0 Å². The van der Waals surface area contributed by atoms with Crippen LogP contribution in [0.4, 0.5) is 0 Å². The molecule has 5 aliphatic rings. The highest BCUT2D eigenvalue weighted by atomic mass is 16.8. The van der Waals surface area contributed by atoms with Crippen molar-refractivity contribution < 1.29 is 57.6 Å². The highest BCUT2D eigenvalue weighted by Gasteiger charge is 2.76. The van der Waals surface area contributed by atoms with E-state index < -0.39 is 77.0 Å². The van der Waals surface area contributed by atoms with Crippen LogP contribution in [0.3, 0.4) is 0 Å². The number of ether oxygens (including phenoxy) is 5. The predicted octanol–water partition coefficient (Wildman–Crippen LogP) is 3.25. The first kappa shape index (κ1) is 41.7. The molecule has 0 radical (unpaired) electrons. The lowest BCUT2D eigenvalue weighted by atomic mass is 9.62. The lowest BCUT2D eigenvalue weighted by Crippen LogP contribution is -2.69. The molecule has 1 aliphatic carbocycles. The molecule has 56 heavy (non-hydrogen) atoms. The maximum Gasteiger partial charge on any atom is 0.348 e. The molecular formula is C41H57N3O12. The normalized spacial score (nSPS) is 29.8. The number of carbonyl (C=O) groups is 5. The highest BCUT2D eigenvalue weighted by Crippen LogP contribution is 2.58. The number of esters is 3. The maximum absolute atomic E-state index is 14.6. The van der Waals surface area contributed by atoms with Gasteiger partial charge in [0, 0.05) is 50.3 Å². The van der Waals surface area contributed by atoms with Gasteiger partial charge in [-0.25, -0.2) is 9.59 Å². The van der Waals surface area contributed by atoms with E-state index in [0.717, 1.165) is 38.5 Å². The number of nitrogens with one attached hydrogen (secondary N) is 2. The van der Waals surface area contributed by atoms with E-state index in [2.05, 4.69) is 24.5 Å². The summed E-state index contributed by atoms with van der Waals surface area (Å²) < 4.78 is 30.5. The Labute approximate surface area is 328 Å². The Hall–Kier alpha value is -3.89. The number of nitrogens with zero attached hydrogens (tertiary/aromatic N) is 1. The third kappa shape index (κ3) is 8.52. The minimum absolute atomic E-state index is 0.0000850. The fourth-order valence-corrected chi connectivity index (χ4v) is 8.69. The second-order valence-corrected chi connectivity index (χ2v) is 16.2. The fraction of sp³-hybridized carbons (Fsp3) is 0.683. The SMILES string of the molecule is CCCCCC1(CCCCC)O[C@@H]2[C@H](O1)[C@H]1ON(Cc3ccccc3C=CC(=O)O[C@H]3C(=O)OCC3(C)C)[C@H]3C(=O)O[C@@H]2C[C@@]13C(=O)NCCC(=O)NCCO. The second kappa shape index (κ2) is 17.7. The summed E-state index contributed by atoms with van der Waals surface area (Å²) in [5.74, 6) is -3.64. The number of benzene rings is 1. The Kier molecular flexibility index (Phi) is 13.2. The summed E-state index contributed by atoms with van der Waals surface area (Å²) in [6, 6.07) is 6.07. The van der Waals surface area contributed by atoms with Crippen molar-refractivity contribution in [3.05, 3.63) is 41.5 Å². The first-order valence-electron chi connectivity index (χ1n) is 20.2. The molecule has 0 aromatic heterocycles. The number of amides is 2. The Morgan fingerprint density at radius 3 is 2.36 bits per heavy atom. The van der Waals surface area contributed by atoms with Gasteiger partial charge in [-0.3, -0.25) is 19.2 Å². The van der Waals surface area contributed by atoms with Crippen LogP contribution in [0.1, 0.15) is 103 Å². The van der Waals surface area contributed by atoms with E-state index >= 15 is 0 Å². The second-order valence-electron chi connectivity index (χ2n) is 16.2. The molecule has 308 valence electrons. The zero-order valence-corrected chi connectivity index (χ0v) is 32.9. The third-order valence-electron chi connectivity index (χ3n) is 11.6. The zero-order valence-electron chi connectivity index (χ0n) is 32.9. The van der Waals surface area contributed by atoms with E-state index in [4.69, 9.17) is 33.6 Å². The summed E-state index contributed by atoms with van der Waals surface area (Å²) in [6.45, 7) is 7.92. The number of cyclic esters (lactones) is 1. The summed E-state index contributed by atoms with van der Waals surface area (Å²) in [5, 5.41) is 16.1. The third-order valence-corrected chi connectivity index (χ3v) is 11.6. The van der Waals surface area contributed by atoms with E-state index in [-0.39, 0.29) is 51.6 Å². The van der Waals surface area contributed by atoms with Gasteiger partial charge in [-0.2, -0.15) is 5.06 Å². The topological polar surface area (TPSA) is 188 Å². The van der Waals surface area contributed by atoms with Crippen molar-refractivity contribution in [3.63, 3.8) is 0 Å². The molecule has 6 rings (SSSR count). The van der Waals surface area contributed by atoms with Crippen LogP contribution in [-0.4, -0.2) is 109 Å². The van der Waals surface area contributed by atoms with Gasteiger partial charge in [0.1, 0.15) is 36.4 Å². The van der Waals surface area contributed by atoms with Crippen LogP contribution in [0, 0.1) is 10.8 Å². The molecule has 4 saturated heterocycles. The number of fused-ring (bicyclic) bond motifs is 4. The molecule has 2 amide bonds. The fourth-order valence-electron chi connectivity index (χ4n) is 8.69. The zero-order chi connectivity index (χ0) is 40.1. The molecule has 5 fully saturated rings. The van der Waals surface area contributed by atoms with Crippen molar-refractivity contribution >= 4 is 35.8 Å². The lowest BCUT2D eigenvalue weighted by molar-refractivity contribution is -0.224. The minimum Gasteiger partial charge on any atom is -0.462 e. The molecule has 1 aromatic carbocycles. The molecule has 2 bridgehead atoms. The number of hydroxylamine groups is 2. The van der Waals surface area contributed by atoms with Crippen molar-refractivity contribution in [2.75, 3.05) is 26.3 Å². The molecule has 4 heterocycles. The minimum atomic E-state index is -1.44. The van der Waals surface area contributed by atoms with Crippen LogP contribution >= 0.6 is 0 Å². The van der Waals surface area contributed by atoms with E-state index in [1.165, 1.54) is 11.1 Å². The largest absolute Gasteiger partial charge is 0.462 e. The van der Waals surface area contributed by atoms with Gasteiger partial charge < -0.3 is 39.4 Å². The van der Waals surface area contributed by atoms with Crippen molar-refractivity contribution in [2.45, 2.75) is 141 Å². The van der Waals surface area contributed by atoms with Crippen LogP contribution in [0.15, 0.2) is 30.3 Å². The first-order valence-corrected chi connectivity index (χ1v) is 20.2. The number of aliphatic hydroxyl groups is 1. The molecule has 0 spiro atoms. The molecule has 0 unspecified atom stereocenters. The number of rotatable bonds is 19. The Balaban J connectivity index is 1.28. The number of hydrogen-bond acceptors (Lipinski definition) is 13. The van der Waals surface area contributed by atoms with Gasteiger partial charge in [0.2, 0.25) is 17.9 Å². The molecular weight excluding hydrogens is 726 g/mol. The van der Waals surface area contributed by atoms with E-state index in [1.54, 1.807) is 32.1 Å². The quantitative estimate of drug-likeness (QED) is 0.0804. The Morgan fingerprint density at radius 2 is 1.68 bits per heavy atom. The Morgan fingerprint density at radius 1 is 0.964 bits per heavy atom. The number of hydrogen-bond donors (Lipinski definition) is 3. The summed E-state index contributed by atoms with van der Waals surface area (Å²) in [7, 11) is 0. The number of unbranched alkanes of at least 4 members (excludes halogenated alkanes) is 4. The summed E-state index contributed by atoms with van der Waals surface area (Å²) >= 11 is 0. The van der Waals surface area contributed by atoms with Crippen LogP contribution in [0.25, 0.3) is 6.08 Å². The lowest BCUT2D eigenvalue weighted by Gasteiger charge is -2.48. The van der Waals surface area contributed by atoms with Crippen molar-refractivity contribution in [1.29, 1.82) is 0 Å². The van der Waals surface area contributed by atoms with Gasteiger partial charge in [0.15, 0.2) is 11.8 Å². The van der Waals surface area contributed by atoms with Crippen LogP contribution in [0.2, 0.25) is 0 Å². The molecule has 4 aliphatic heterocycles. The first-order chi connectivity index (χ1) is 26.9. The average Bonchev–Trinajstić information content (AvgIpc) is 3.81. The molecule has 1 saturated carbocycles. The van der Waals surface area contributed by atoms with Gasteiger partial charge in [-0.1, -0.05) is 77.6 Å². The monoisotopic (exact) mass is 783 g/mol. The van der Waals surface area contributed by atoms with Gasteiger partial charge in [-0.15, -0.1) is 0 Å². The predicted molar refractivity (Wildman–Crippen MR) is 200 cm³/mol. The average molecular weight is 784 g/mol. The van der Waals surface area contributed by atoms with Gasteiger partial charge >= 0.3 is 17.9 Å². The number of aliphatic hydroxyl groups excluding tert-OH is 1. The molecule has 1 aromatic rings. The van der Waals surface area contributed by atoms with Gasteiger partial charge in [0.25, 0.3) is 0 Å². The molecule has 15 heteroatoms. The van der Waals surface area contributed by atoms with Crippen LogP contribution < -0.4 is 10.6 Å². The van der Waals surface area contributed by atoms with Crippen LogP contribution in [0.5, 0.6) is 0 Å². The maximum atomic E-state index is 14.6. The highest BCUT2D eigenvalue weighted by molar-refractivity contribution is 5.94. The molecule has 3 N–H and O–H groups in total. The van der Waals surface area contributed by atoms with E-state index in [1.807, 2.05) is 12.1 Å². The Bertz CT molecular complexity index is 1640. The summed E-state index contributed by atoms with van der Waals surface area (Å²) in [6.07, 6.45) is 5.94. The smallest absolute Gasteiger partial charge is 0.348 e. The van der Waals surface area contributed by atoms with Crippen molar-refractivity contribution in [1.82, 2.24) is 15.7 Å². The van der Waals surface area contributed by atoms with Crippen molar-refractivity contribution in [2.24, 2.45) is 10.8 Å². The van der Waals surface area contributed by atoms with Crippen molar-refractivity contribution in [3.8, 4) is 0 Å². The van der Waals surface area contributed by atoms with E-state index in [9.17, 15) is 24.0 Å². The van der Waals surface area contributed by atoms with Crippen LogP contribution in [-0.2, 0) is 59.0 Å². The molecule has 15 nitrogen and oxygen atoms in total. The summed E-state index contributed by atoms with van der Waals surface area (Å²) in [5.41, 5.74) is -0.806. The van der Waals surface area contributed by atoms with E-state index in [0.29, 0.717) is 24.0 Å². The standard InChI is InChI=1S/C41H57N3O12/c1-5-7-11-18-40(19-12-8-6-2)54-31-28-23-41(38(50)43-20-17-29(46)42-21-22-45)33(36(48)52-28)44(56-34(41)32(31)55-40)24-27-14-10-9-13-26(27)15-16-30(47)53-35-37(49)51-25-39(35,3)4/h9-10,13-16,28,31-35,45H,5-8,11-12,17-25H2,1-4H3,(H,42,46)(H,43,50)/t28-,31+,32+,33+,34-,35+,41+/m1/s1. The number of carbonyl (C=O) groups excluding carboxylic acids is 5. The van der Waals surface area contributed by atoms with Gasteiger partial charge in [0.05, 0.1) is 13.2 Å². The summed E-state index contributed by atoms with van der Waals surface area (Å²) in [4.78, 5) is 72.9. The molecule has 7 atom stereocenters.